The smallest absolute Gasteiger partial charge is 0.273 e. The van der Waals surface area contributed by atoms with Crippen molar-refractivity contribution in [3.63, 3.8) is 0 Å². The van der Waals surface area contributed by atoms with Gasteiger partial charge in [-0.1, -0.05) is 20.8 Å². The van der Waals surface area contributed by atoms with Crippen LogP contribution in [-0.2, 0) is 11.0 Å². The van der Waals surface area contributed by atoms with Crippen molar-refractivity contribution in [2.24, 2.45) is 0 Å². The van der Waals surface area contributed by atoms with Crippen molar-refractivity contribution >= 4 is 0 Å². The molecule has 1 heterocycles. The van der Waals surface area contributed by atoms with Crippen LogP contribution in [0.4, 0.5) is 0 Å². The number of aromatic amines is 1. The van der Waals surface area contributed by atoms with Crippen molar-refractivity contribution < 1.29 is 0 Å². The number of rotatable bonds is 0. The van der Waals surface area contributed by atoms with Gasteiger partial charge in [0, 0.05) is 11.0 Å². The van der Waals surface area contributed by atoms with E-state index in [2.05, 4.69) is 10.2 Å². The molecule has 0 fully saturated rings. The molecule has 80 valence electrons. The number of H-pyrrole nitrogens is 1. The Kier molecular flexibility index (Phi) is 2.34. The summed E-state index contributed by atoms with van der Waals surface area (Å²) in [6.45, 7) is 12.1. The van der Waals surface area contributed by atoms with Crippen molar-refractivity contribution in [3.05, 3.63) is 16.3 Å². The molecule has 1 aromatic rings. The lowest BCUT2D eigenvalue weighted by atomic mass is 9.94. The van der Waals surface area contributed by atoms with Crippen molar-refractivity contribution in [2.45, 2.75) is 52.5 Å². The van der Waals surface area contributed by atoms with Crippen LogP contribution < -0.4 is 5.69 Å². The van der Waals surface area contributed by atoms with E-state index in [9.17, 15) is 4.79 Å². The fourth-order valence-corrected chi connectivity index (χ4v) is 1.42. The molecule has 0 aliphatic heterocycles. The van der Waals surface area contributed by atoms with E-state index in [0.29, 0.717) is 0 Å². The van der Waals surface area contributed by atoms with Crippen LogP contribution in [0.15, 0.2) is 4.79 Å². The van der Waals surface area contributed by atoms with E-state index in [1.54, 1.807) is 4.57 Å². The lowest BCUT2D eigenvalue weighted by molar-refractivity contribution is 0.345. The van der Waals surface area contributed by atoms with Gasteiger partial charge < -0.3 is 0 Å². The summed E-state index contributed by atoms with van der Waals surface area (Å²) < 4.78 is 1.72. The highest BCUT2D eigenvalue weighted by Crippen LogP contribution is 2.23. The van der Waals surface area contributed by atoms with E-state index >= 15 is 0 Å². The molecule has 1 aromatic heterocycles. The Bertz CT molecular complexity index is 373. The molecule has 0 radical (unpaired) electrons. The van der Waals surface area contributed by atoms with E-state index in [1.807, 2.05) is 41.5 Å². The summed E-state index contributed by atoms with van der Waals surface area (Å²) in [7, 11) is 0. The summed E-state index contributed by atoms with van der Waals surface area (Å²) in [6, 6.07) is 0. The highest BCUT2D eigenvalue weighted by molar-refractivity contribution is 5.04. The standard InChI is InChI=1S/C10H19N3O/c1-9(2,3)7-11-12-8(14)13(7)10(4,5)6/h1-6H3,(H,12,14). The molecule has 0 saturated heterocycles. The zero-order chi connectivity index (χ0) is 11.1. The predicted molar refractivity (Wildman–Crippen MR) is 56.5 cm³/mol. The van der Waals surface area contributed by atoms with Crippen LogP contribution in [0.25, 0.3) is 0 Å². The number of aromatic nitrogens is 3. The molecule has 0 aliphatic carbocycles. The maximum Gasteiger partial charge on any atom is 0.343 e. The van der Waals surface area contributed by atoms with Gasteiger partial charge in [-0.15, -0.1) is 0 Å². The third-order valence-electron chi connectivity index (χ3n) is 2.01. The van der Waals surface area contributed by atoms with Crippen LogP contribution >= 0.6 is 0 Å². The molecule has 0 atom stereocenters. The zero-order valence-electron chi connectivity index (χ0n) is 9.80. The Morgan fingerprint density at radius 3 is 1.93 bits per heavy atom. The Balaban J connectivity index is 3.43. The van der Waals surface area contributed by atoms with Gasteiger partial charge in [0.05, 0.1) is 0 Å². The average molecular weight is 197 g/mol. The summed E-state index contributed by atoms with van der Waals surface area (Å²) in [4.78, 5) is 11.6. The van der Waals surface area contributed by atoms with Gasteiger partial charge in [0.1, 0.15) is 5.82 Å². The second-order valence-corrected chi connectivity index (χ2v) is 5.61. The first kappa shape index (κ1) is 11.0. The summed E-state index contributed by atoms with van der Waals surface area (Å²) in [6.07, 6.45) is 0. The van der Waals surface area contributed by atoms with Gasteiger partial charge >= 0.3 is 5.69 Å². The second kappa shape index (κ2) is 2.97. The van der Waals surface area contributed by atoms with E-state index < -0.39 is 0 Å². The van der Waals surface area contributed by atoms with Gasteiger partial charge in [-0.05, 0) is 20.8 Å². The maximum absolute atomic E-state index is 11.6. The predicted octanol–water partition coefficient (Wildman–Crippen LogP) is 1.62. The van der Waals surface area contributed by atoms with Crippen LogP contribution in [0, 0.1) is 0 Å². The molecule has 0 saturated carbocycles. The Morgan fingerprint density at radius 1 is 1.14 bits per heavy atom. The topological polar surface area (TPSA) is 50.7 Å². The van der Waals surface area contributed by atoms with Gasteiger partial charge in [0.25, 0.3) is 0 Å². The summed E-state index contributed by atoms with van der Waals surface area (Å²) in [5, 5.41) is 6.59. The third kappa shape index (κ3) is 1.89. The number of nitrogens with zero attached hydrogens (tertiary/aromatic N) is 2. The number of nitrogens with one attached hydrogen (secondary N) is 1. The van der Waals surface area contributed by atoms with Crippen LogP contribution in [0.1, 0.15) is 47.4 Å². The molecule has 0 spiro atoms. The van der Waals surface area contributed by atoms with E-state index in [4.69, 9.17) is 0 Å². The lowest BCUT2D eigenvalue weighted by Gasteiger charge is -2.26. The highest BCUT2D eigenvalue weighted by atomic mass is 16.1. The quantitative estimate of drug-likeness (QED) is 0.687. The Labute approximate surface area is 84.3 Å². The average Bonchev–Trinajstić information content (AvgIpc) is 2.27. The Hall–Kier alpha value is -1.06. The van der Waals surface area contributed by atoms with Gasteiger partial charge in [0.15, 0.2) is 0 Å². The molecule has 0 amide bonds. The number of hydrogen-bond acceptors (Lipinski definition) is 2. The molecule has 4 heteroatoms. The molecule has 14 heavy (non-hydrogen) atoms. The second-order valence-electron chi connectivity index (χ2n) is 5.61. The largest absolute Gasteiger partial charge is 0.343 e. The van der Waals surface area contributed by atoms with Gasteiger partial charge in [-0.3, -0.25) is 4.57 Å². The molecule has 0 aliphatic rings. The third-order valence-corrected chi connectivity index (χ3v) is 2.01. The van der Waals surface area contributed by atoms with Crippen LogP contribution in [-0.4, -0.2) is 14.8 Å². The minimum atomic E-state index is -0.229. The number of hydrogen-bond donors (Lipinski definition) is 1. The van der Waals surface area contributed by atoms with Gasteiger partial charge in [-0.25, -0.2) is 9.89 Å². The minimum Gasteiger partial charge on any atom is -0.273 e. The molecule has 1 N–H and O–H groups in total. The summed E-state index contributed by atoms with van der Waals surface area (Å²) >= 11 is 0. The SMILES string of the molecule is CC(C)(C)c1n[nH]c(=O)n1C(C)(C)C. The maximum atomic E-state index is 11.6. The molecule has 1 rings (SSSR count). The minimum absolute atomic E-state index is 0.119. The Morgan fingerprint density at radius 2 is 1.64 bits per heavy atom. The monoisotopic (exact) mass is 197 g/mol. The highest BCUT2D eigenvalue weighted by Gasteiger charge is 2.28. The lowest BCUT2D eigenvalue weighted by Crippen LogP contribution is -2.36. The zero-order valence-corrected chi connectivity index (χ0v) is 9.80. The molecule has 0 aromatic carbocycles. The molecular weight excluding hydrogens is 178 g/mol. The van der Waals surface area contributed by atoms with Gasteiger partial charge in [0.2, 0.25) is 0 Å². The molecule has 0 unspecified atom stereocenters. The van der Waals surface area contributed by atoms with Crippen molar-refractivity contribution in [2.75, 3.05) is 0 Å². The van der Waals surface area contributed by atoms with E-state index in [-0.39, 0.29) is 16.6 Å². The van der Waals surface area contributed by atoms with Crippen LogP contribution in [0.5, 0.6) is 0 Å². The normalized spacial score (nSPS) is 13.3. The molecular formula is C10H19N3O. The summed E-state index contributed by atoms with van der Waals surface area (Å²) in [5.41, 5.74) is -0.485. The first-order valence-electron chi connectivity index (χ1n) is 4.82. The van der Waals surface area contributed by atoms with Crippen LogP contribution in [0.3, 0.4) is 0 Å². The fourth-order valence-electron chi connectivity index (χ4n) is 1.42. The van der Waals surface area contributed by atoms with Crippen molar-refractivity contribution in [1.29, 1.82) is 0 Å². The fraction of sp³-hybridized carbons (Fsp3) is 0.800. The molecule has 0 bridgehead atoms. The van der Waals surface area contributed by atoms with Crippen molar-refractivity contribution in [1.82, 2.24) is 14.8 Å². The molecule has 4 nitrogen and oxygen atoms in total. The van der Waals surface area contributed by atoms with E-state index in [0.717, 1.165) is 5.82 Å². The van der Waals surface area contributed by atoms with E-state index in [1.165, 1.54) is 0 Å². The first-order chi connectivity index (χ1) is 6.14. The van der Waals surface area contributed by atoms with Gasteiger partial charge in [-0.2, -0.15) is 5.10 Å². The van der Waals surface area contributed by atoms with Crippen molar-refractivity contribution in [3.8, 4) is 0 Å². The van der Waals surface area contributed by atoms with Crippen LogP contribution in [0.2, 0.25) is 0 Å². The summed E-state index contributed by atoms with van der Waals surface area (Å²) in [5.74, 6) is 0.801. The first-order valence-corrected chi connectivity index (χ1v) is 4.82.